The molecule has 2 bridgehead atoms. The highest BCUT2D eigenvalue weighted by Gasteiger charge is 2.59. The van der Waals surface area contributed by atoms with Crippen molar-refractivity contribution in [3.8, 4) is 5.69 Å². The van der Waals surface area contributed by atoms with Gasteiger partial charge >= 0.3 is 0 Å². The summed E-state index contributed by atoms with van der Waals surface area (Å²) in [5.74, 6) is 0.230. The average molecular weight is 319 g/mol. The van der Waals surface area contributed by atoms with Gasteiger partial charge in [-0.15, -0.1) is 0 Å². The van der Waals surface area contributed by atoms with E-state index >= 15 is 0 Å². The molecule has 0 spiro atoms. The Hall–Kier alpha value is -2.69. The summed E-state index contributed by atoms with van der Waals surface area (Å²) in [5.41, 5.74) is 1.84. The van der Waals surface area contributed by atoms with Crippen molar-refractivity contribution in [2.75, 3.05) is 0 Å². The van der Waals surface area contributed by atoms with E-state index in [2.05, 4.69) is 17.3 Å². The van der Waals surface area contributed by atoms with E-state index < -0.39 is 0 Å². The largest absolute Gasteiger partial charge is 0.277 e. The molecule has 24 heavy (non-hydrogen) atoms. The number of amides is 2. The van der Waals surface area contributed by atoms with Gasteiger partial charge < -0.3 is 0 Å². The predicted octanol–water partition coefficient (Wildman–Crippen LogP) is 2.18. The molecule has 2 fully saturated rings. The third kappa shape index (κ3) is 1.78. The molecule has 2 amide bonds. The number of rotatable bonds is 3. The molecular formula is C19H17N3O2. The van der Waals surface area contributed by atoms with Crippen LogP contribution in [0.3, 0.4) is 0 Å². The molecule has 2 heterocycles. The standard InChI is InChI=1S/C19H17N3O2/c23-18-16-12-6-7-13(10-12)17(16)19(24)21(18)11-14-4-1-2-5-15(14)22-9-3-8-20-22/h1-9,12-13,16-17H,10-11H2. The Kier molecular flexibility index (Phi) is 2.80. The highest BCUT2D eigenvalue weighted by Crippen LogP contribution is 2.52. The summed E-state index contributed by atoms with van der Waals surface area (Å²) in [5, 5.41) is 4.27. The number of nitrogens with zero attached hydrogens (tertiary/aromatic N) is 3. The number of carbonyl (C=O) groups excluding carboxylic acids is 2. The first kappa shape index (κ1) is 13.7. The topological polar surface area (TPSA) is 55.2 Å². The Morgan fingerprint density at radius 3 is 2.38 bits per heavy atom. The van der Waals surface area contributed by atoms with E-state index in [1.807, 2.05) is 36.5 Å². The van der Waals surface area contributed by atoms with Gasteiger partial charge in [0.25, 0.3) is 0 Å². The summed E-state index contributed by atoms with van der Waals surface area (Å²) >= 11 is 0. The Bertz CT molecular complexity index is 825. The zero-order chi connectivity index (χ0) is 16.3. The van der Waals surface area contributed by atoms with Gasteiger partial charge in [0.2, 0.25) is 11.8 Å². The normalized spacial score (nSPS) is 30.4. The number of fused-ring (bicyclic) bond motifs is 5. The van der Waals surface area contributed by atoms with Gasteiger partial charge in [-0.25, -0.2) is 4.68 Å². The molecule has 4 unspecified atom stereocenters. The summed E-state index contributed by atoms with van der Waals surface area (Å²) in [6.45, 7) is 0.320. The fourth-order valence-electron chi connectivity index (χ4n) is 4.57. The van der Waals surface area contributed by atoms with E-state index in [0.717, 1.165) is 17.7 Å². The smallest absolute Gasteiger partial charge is 0.234 e. The third-order valence-corrected chi connectivity index (χ3v) is 5.63. The van der Waals surface area contributed by atoms with Crippen molar-refractivity contribution in [1.82, 2.24) is 14.7 Å². The SMILES string of the molecule is O=C1C2C3C=CC(C3)C2C(=O)N1Cc1ccccc1-n1cccn1. The Morgan fingerprint density at radius 2 is 1.71 bits per heavy atom. The zero-order valence-electron chi connectivity index (χ0n) is 13.1. The van der Waals surface area contributed by atoms with Crippen LogP contribution in [0.15, 0.2) is 54.9 Å². The number of para-hydroxylation sites is 1. The van der Waals surface area contributed by atoms with E-state index in [1.165, 1.54) is 4.90 Å². The molecule has 1 aromatic heterocycles. The monoisotopic (exact) mass is 319 g/mol. The molecule has 1 saturated carbocycles. The van der Waals surface area contributed by atoms with Gasteiger partial charge in [0.15, 0.2) is 0 Å². The first-order chi connectivity index (χ1) is 11.7. The summed E-state index contributed by atoms with van der Waals surface area (Å²) in [6.07, 6.45) is 8.79. The molecule has 5 nitrogen and oxygen atoms in total. The predicted molar refractivity (Wildman–Crippen MR) is 86.8 cm³/mol. The van der Waals surface area contributed by atoms with E-state index in [-0.39, 0.29) is 35.5 Å². The highest BCUT2D eigenvalue weighted by molar-refractivity contribution is 6.06. The molecule has 0 N–H and O–H groups in total. The van der Waals surface area contributed by atoms with Crippen molar-refractivity contribution in [3.63, 3.8) is 0 Å². The van der Waals surface area contributed by atoms with Crippen LogP contribution in [0, 0.1) is 23.7 Å². The fraction of sp³-hybridized carbons (Fsp3) is 0.316. The summed E-state index contributed by atoms with van der Waals surface area (Å²) < 4.78 is 1.77. The Balaban J connectivity index is 1.48. The van der Waals surface area contributed by atoms with Crippen LogP contribution in [0.25, 0.3) is 5.69 Å². The molecular weight excluding hydrogens is 302 g/mol. The maximum atomic E-state index is 12.8. The number of allylic oxidation sites excluding steroid dienone is 2. The molecule has 2 aromatic rings. The average Bonchev–Trinajstić information content (AvgIpc) is 3.37. The maximum absolute atomic E-state index is 12.8. The third-order valence-electron chi connectivity index (χ3n) is 5.63. The van der Waals surface area contributed by atoms with Gasteiger partial charge in [0, 0.05) is 12.4 Å². The number of imide groups is 1. The van der Waals surface area contributed by atoms with Gasteiger partial charge in [-0.1, -0.05) is 30.4 Å². The van der Waals surface area contributed by atoms with Crippen molar-refractivity contribution in [3.05, 3.63) is 60.4 Å². The van der Waals surface area contributed by atoms with Crippen LogP contribution in [0.2, 0.25) is 0 Å². The van der Waals surface area contributed by atoms with E-state index in [0.29, 0.717) is 6.54 Å². The molecule has 5 rings (SSSR count). The zero-order valence-corrected chi connectivity index (χ0v) is 13.1. The second-order valence-corrected chi connectivity index (χ2v) is 6.84. The molecule has 120 valence electrons. The van der Waals surface area contributed by atoms with Crippen LogP contribution in [0.1, 0.15) is 12.0 Å². The molecule has 4 atom stereocenters. The van der Waals surface area contributed by atoms with Crippen LogP contribution in [0.4, 0.5) is 0 Å². The minimum atomic E-state index is -0.135. The second kappa shape index (κ2) is 4.90. The molecule has 5 heteroatoms. The molecule has 1 saturated heterocycles. The van der Waals surface area contributed by atoms with Crippen LogP contribution < -0.4 is 0 Å². The van der Waals surface area contributed by atoms with Crippen molar-refractivity contribution >= 4 is 11.8 Å². The summed E-state index contributed by atoms with van der Waals surface area (Å²) in [7, 11) is 0. The molecule has 1 aliphatic heterocycles. The lowest BCUT2D eigenvalue weighted by Gasteiger charge is -2.19. The van der Waals surface area contributed by atoms with Crippen molar-refractivity contribution in [2.45, 2.75) is 13.0 Å². The van der Waals surface area contributed by atoms with Gasteiger partial charge in [0.05, 0.1) is 24.1 Å². The Labute approximate surface area is 139 Å². The number of hydrogen-bond donors (Lipinski definition) is 0. The number of aromatic nitrogens is 2. The van der Waals surface area contributed by atoms with Gasteiger partial charge in [0.1, 0.15) is 0 Å². The van der Waals surface area contributed by atoms with Crippen LogP contribution in [-0.2, 0) is 16.1 Å². The lowest BCUT2D eigenvalue weighted by atomic mass is 9.85. The molecule has 1 aromatic carbocycles. The van der Waals surface area contributed by atoms with Crippen LogP contribution in [-0.4, -0.2) is 26.5 Å². The van der Waals surface area contributed by atoms with Gasteiger partial charge in [-0.2, -0.15) is 5.10 Å². The van der Waals surface area contributed by atoms with Crippen LogP contribution in [0.5, 0.6) is 0 Å². The minimum absolute atomic E-state index is 0.00267. The number of benzene rings is 1. The number of likely N-dealkylation sites (tertiary alicyclic amines) is 1. The lowest BCUT2D eigenvalue weighted by molar-refractivity contribution is -0.141. The summed E-state index contributed by atoms with van der Waals surface area (Å²) in [4.78, 5) is 27.1. The van der Waals surface area contributed by atoms with Gasteiger partial charge in [-0.05, 0) is 36.0 Å². The molecule has 2 aliphatic carbocycles. The van der Waals surface area contributed by atoms with E-state index in [4.69, 9.17) is 0 Å². The maximum Gasteiger partial charge on any atom is 0.234 e. The van der Waals surface area contributed by atoms with E-state index in [9.17, 15) is 9.59 Å². The fourth-order valence-corrected chi connectivity index (χ4v) is 4.57. The van der Waals surface area contributed by atoms with Gasteiger partial charge in [-0.3, -0.25) is 14.5 Å². The highest BCUT2D eigenvalue weighted by atomic mass is 16.2. The second-order valence-electron chi connectivity index (χ2n) is 6.84. The summed E-state index contributed by atoms with van der Waals surface area (Å²) in [6, 6.07) is 9.64. The molecule has 0 radical (unpaired) electrons. The number of hydrogen-bond acceptors (Lipinski definition) is 3. The first-order valence-electron chi connectivity index (χ1n) is 8.35. The minimum Gasteiger partial charge on any atom is -0.277 e. The number of carbonyl (C=O) groups is 2. The van der Waals surface area contributed by atoms with Crippen molar-refractivity contribution in [1.29, 1.82) is 0 Å². The molecule has 3 aliphatic rings. The van der Waals surface area contributed by atoms with E-state index in [1.54, 1.807) is 10.9 Å². The van der Waals surface area contributed by atoms with Crippen LogP contribution >= 0.6 is 0 Å². The van der Waals surface area contributed by atoms with Crippen molar-refractivity contribution in [2.24, 2.45) is 23.7 Å². The first-order valence-corrected chi connectivity index (χ1v) is 8.35. The van der Waals surface area contributed by atoms with Crippen molar-refractivity contribution < 1.29 is 9.59 Å². The Morgan fingerprint density at radius 1 is 1.00 bits per heavy atom. The lowest BCUT2D eigenvalue weighted by Crippen LogP contribution is -2.32. The quantitative estimate of drug-likeness (QED) is 0.643.